The average molecular weight is 613 g/mol. The molecule has 0 N–H and O–H groups in total. The van der Waals surface area contributed by atoms with E-state index < -0.39 is 0 Å². The molecule has 5 nitrogen and oxygen atoms in total. The second-order valence-electron chi connectivity index (χ2n) is 11.8. The highest BCUT2D eigenvalue weighted by molar-refractivity contribution is 6.20. The van der Waals surface area contributed by atoms with Crippen LogP contribution in [0.25, 0.3) is 83.1 Å². The first kappa shape index (κ1) is 27.4. The van der Waals surface area contributed by atoms with Crippen LogP contribution in [-0.2, 0) is 0 Å². The minimum atomic E-state index is 0.435. The summed E-state index contributed by atoms with van der Waals surface area (Å²) in [6, 6.07) is 53.2. The molecular formula is C43H24N4O. The van der Waals surface area contributed by atoms with E-state index in [1.54, 1.807) is 6.07 Å². The number of furan rings is 1. The highest BCUT2D eigenvalue weighted by Crippen LogP contribution is 2.42. The predicted molar refractivity (Wildman–Crippen MR) is 192 cm³/mol. The normalized spacial score (nSPS) is 11.3. The van der Waals surface area contributed by atoms with Gasteiger partial charge in [0.25, 0.3) is 0 Å². The molecule has 5 heteroatoms. The molecule has 3 aromatic heterocycles. The van der Waals surface area contributed by atoms with Crippen molar-refractivity contribution in [2.75, 3.05) is 0 Å². The summed E-state index contributed by atoms with van der Waals surface area (Å²) < 4.78 is 8.88. The zero-order chi connectivity index (χ0) is 32.2. The Kier molecular flexibility index (Phi) is 6.18. The lowest BCUT2D eigenvalue weighted by Crippen LogP contribution is -1.93. The number of fused-ring (bicyclic) bond motifs is 6. The highest BCUT2D eigenvalue weighted by atomic mass is 16.3. The molecule has 0 saturated carbocycles. The zero-order valence-electron chi connectivity index (χ0n) is 25.6. The molecule has 9 aromatic rings. The van der Waals surface area contributed by atoms with Crippen molar-refractivity contribution in [3.05, 3.63) is 157 Å². The van der Waals surface area contributed by atoms with Crippen molar-refractivity contribution in [1.82, 2.24) is 9.55 Å². The summed E-state index contributed by atoms with van der Waals surface area (Å²) in [5.41, 5.74) is 10.9. The molecule has 0 saturated heterocycles. The predicted octanol–water partition coefficient (Wildman–Crippen LogP) is 10.8. The summed E-state index contributed by atoms with van der Waals surface area (Å²) >= 11 is 0. The number of hydrogen-bond donors (Lipinski definition) is 0. The number of hydrogen-bond acceptors (Lipinski definition) is 4. The number of aromatic nitrogens is 2. The lowest BCUT2D eigenvalue weighted by Gasteiger charge is -2.12. The minimum absolute atomic E-state index is 0.435. The molecule has 0 aliphatic rings. The van der Waals surface area contributed by atoms with Gasteiger partial charge in [-0.2, -0.15) is 10.5 Å². The van der Waals surface area contributed by atoms with Gasteiger partial charge in [0.1, 0.15) is 11.2 Å². The van der Waals surface area contributed by atoms with E-state index in [1.807, 2.05) is 72.8 Å². The van der Waals surface area contributed by atoms with E-state index in [-0.39, 0.29) is 0 Å². The highest BCUT2D eigenvalue weighted by Gasteiger charge is 2.20. The van der Waals surface area contributed by atoms with E-state index in [1.165, 1.54) is 5.39 Å². The summed E-state index contributed by atoms with van der Waals surface area (Å²) in [7, 11) is 0. The van der Waals surface area contributed by atoms with Crippen molar-refractivity contribution < 1.29 is 4.42 Å². The first-order chi connectivity index (χ1) is 23.7. The van der Waals surface area contributed by atoms with Gasteiger partial charge < -0.3 is 8.98 Å². The van der Waals surface area contributed by atoms with Crippen LogP contribution in [0.2, 0.25) is 0 Å². The molecule has 0 aliphatic carbocycles. The van der Waals surface area contributed by atoms with Crippen molar-refractivity contribution in [2.45, 2.75) is 0 Å². The fourth-order valence-corrected chi connectivity index (χ4v) is 6.87. The fraction of sp³-hybridized carbons (Fsp3) is 0. The molecule has 0 atom stereocenters. The van der Waals surface area contributed by atoms with Crippen LogP contribution < -0.4 is 0 Å². The molecular weight excluding hydrogens is 589 g/mol. The Balaban J connectivity index is 1.33. The maximum Gasteiger partial charge on any atom is 0.137 e. The van der Waals surface area contributed by atoms with Gasteiger partial charge in [0.2, 0.25) is 0 Å². The molecule has 0 unspecified atom stereocenters. The van der Waals surface area contributed by atoms with E-state index in [0.29, 0.717) is 11.1 Å². The SMILES string of the molecule is N#Cc1cc(C#N)cc(-c2cc(-c3ccccc3)nc(-c3cccc4oc5cc6c(cc5c34)c3ccccc3n6-c3ccccc3)c2)c1. The first-order valence-electron chi connectivity index (χ1n) is 15.7. The lowest BCUT2D eigenvalue weighted by atomic mass is 9.96. The van der Waals surface area contributed by atoms with E-state index in [2.05, 4.69) is 83.4 Å². The maximum atomic E-state index is 9.71. The molecule has 9 rings (SSSR count). The monoisotopic (exact) mass is 612 g/mol. The molecule has 48 heavy (non-hydrogen) atoms. The number of benzene rings is 6. The second-order valence-corrected chi connectivity index (χ2v) is 11.8. The first-order valence-corrected chi connectivity index (χ1v) is 15.7. The van der Waals surface area contributed by atoms with E-state index >= 15 is 0 Å². The van der Waals surface area contributed by atoms with Gasteiger partial charge in [0.15, 0.2) is 0 Å². The van der Waals surface area contributed by atoms with Gasteiger partial charge in [0.05, 0.1) is 45.7 Å². The standard InChI is InChI=1S/C43H24N4O/c44-25-27-18-28(26-45)20-30(19-27)31-21-37(29-10-3-1-4-11-29)46-38(22-31)34-15-9-17-41-43(34)36-23-35-33-14-7-8-16-39(33)47(32-12-5-2-6-13-32)40(35)24-42(36)48-41/h1-24H. The van der Waals surface area contributed by atoms with E-state index in [4.69, 9.17) is 9.40 Å². The average Bonchev–Trinajstić information content (AvgIpc) is 3.69. The second kappa shape index (κ2) is 10.8. The van der Waals surface area contributed by atoms with Crippen molar-refractivity contribution in [2.24, 2.45) is 0 Å². The number of nitriles is 2. The minimum Gasteiger partial charge on any atom is -0.456 e. The van der Waals surface area contributed by atoms with Gasteiger partial charge >= 0.3 is 0 Å². The third kappa shape index (κ3) is 4.35. The van der Waals surface area contributed by atoms with Crippen molar-refractivity contribution in [3.8, 4) is 51.5 Å². The molecule has 0 fully saturated rings. The van der Waals surface area contributed by atoms with Crippen LogP contribution in [0.5, 0.6) is 0 Å². The Hall–Kier alpha value is -6.95. The molecule has 0 radical (unpaired) electrons. The van der Waals surface area contributed by atoms with E-state index in [0.717, 1.165) is 77.7 Å². The lowest BCUT2D eigenvalue weighted by molar-refractivity contribution is 0.669. The Morgan fingerprint density at radius 3 is 1.96 bits per heavy atom. The third-order valence-electron chi connectivity index (χ3n) is 9.00. The Morgan fingerprint density at radius 1 is 0.500 bits per heavy atom. The van der Waals surface area contributed by atoms with Crippen LogP contribution in [0, 0.1) is 22.7 Å². The topological polar surface area (TPSA) is 78.5 Å². The van der Waals surface area contributed by atoms with Crippen LogP contribution in [-0.4, -0.2) is 9.55 Å². The molecule has 3 heterocycles. The number of nitrogens with zero attached hydrogens (tertiary/aromatic N) is 4. The number of pyridine rings is 1. The van der Waals surface area contributed by atoms with Crippen LogP contribution in [0.15, 0.2) is 150 Å². The summed E-state index contributed by atoms with van der Waals surface area (Å²) in [6.07, 6.45) is 0. The molecule has 0 amide bonds. The smallest absolute Gasteiger partial charge is 0.137 e. The summed E-state index contributed by atoms with van der Waals surface area (Å²) in [5.74, 6) is 0. The van der Waals surface area contributed by atoms with E-state index in [9.17, 15) is 10.5 Å². The molecule has 222 valence electrons. The number of rotatable bonds is 4. The Labute approximate surface area is 275 Å². The zero-order valence-corrected chi connectivity index (χ0v) is 25.6. The van der Waals surface area contributed by atoms with Gasteiger partial charge in [-0.05, 0) is 71.8 Å². The quantitative estimate of drug-likeness (QED) is 0.198. The Bertz CT molecular complexity index is 2760. The largest absolute Gasteiger partial charge is 0.456 e. The number of para-hydroxylation sites is 2. The van der Waals surface area contributed by atoms with Crippen LogP contribution in [0.1, 0.15) is 11.1 Å². The van der Waals surface area contributed by atoms with Crippen molar-refractivity contribution in [1.29, 1.82) is 10.5 Å². The van der Waals surface area contributed by atoms with Gasteiger partial charge in [-0.3, -0.25) is 0 Å². The van der Waals surface area contributed by atoms with Crippen LogP contribution in [0.4, 0.5) is 0 Å². The summed E-state index contributed by atoms with van der Waals surface area (Å²) in [6.45, 7) is 0. The summed E-state index contributed by atoms with van der Waals surface area (Å²) in [5, 5.41) is 23.7. The van der Waals surface area contributed by atoms with Crippen molar-refractivity contribution >= 4 is 43.7 Å². The molecule has 0 bridgehead atoms. The fourth-order valence-electron chi connectivity index (χ4n) is 6.87. The van der Waals surface area contributed by atoms with Gasteiger partial charge in [-0.1, -0.05) is 78.9 Å². The Morgan fingerprint density at radius 2 is 1.19 bits per heavy atom. The van der Waals surface area contributed by atoms with Gasteiger partial charge in [0, 0.05) is 44.4 Å². The molecule has 0 spiro atoms. The molecule has 0 aliphatic heterocycles. The maximum absolute atomic E-state index is 9.71. The third-order valence-corrected chi connectivity index (χ3v) is 9.00. The van der Waals surface area contributed by atoms with Crippen LogP contribution in [0.3, 0.4) is 0 Å². The van der Waals surface area contributed by atoms with Gasteiger partial charge in [-0.25, -0.2) is 4.98 Å². The summed E-state index contributed by atoms with van der Waals surface area (Å²) in [4.78, 5) is 5.20. The van der Waals surface area contributed by atoms with Gasteiger partial charge in [-0.15, -0.1) is 0 Å². The van der Waals surface area contributed by atoms with Crippen molar-refractivity contribution in [3.63, 3.8) is 0 Å². The van der Waals surface area contributed by atoms with Crippen LogP contribution >= 0.6 is 0 Å². The molecule has 6 aromatic carbocycles.